The van der Waals surface area contributed by atoms with Crippen molar-refractivity contribution in [2.45, 2.75) is 13.5 Å². The molecule has 0 fully saturated rings. The first-order chi connectivity index (χ1) is 7.24. The van der Waals surface area contributed by atoms with E-state index in [4.69, 9.17) is 4.42 Å². The van der Waals surface area contributed by atoms with E-state index in [1.165, 1.54) is 0 Å². The van der Waals surface area contributed by atoms with E-state index in [2.05, 4.69) is 31.2 Å². The molecule has 2 aromatic heterocycles. The van der Waals surface area contributed by atoms with Crippen LogP contribution in [0.1, 0.15) is 11.7 Å². The third kappa shape index (κ3) is 2.79. The van der Waals surface area contributed by atoms with Crippen LogP contribution in [-0.2, 0) is 6.54 Å². The van der Waals surface area contributed by atoms with Crippen LogP contribution in [0.3, 0.4) is 0 Å². The summed E-state index contributed by atoms with van der Waals surface area (Å²) >= 11 is 3.30. The fourth-order valence-corrected chi connectivity index (χ4v) is 1.50. The van der Waals surface area contributed by atoms with E-state index in [1.54, 1.807) is 6.20 Å². The van der Waals surface area contributed by atoms with E-state index >= 15 is 0 Å². The van der Waals surface area contributed by atoms with E-state index in [0.29, 0.717) is 12.4 Å². The summed E-state index contributed by atoms with van der Waals surface area (Å²) in [7, 11) is 0. The van der Waals surface area contributed by atoms with Gasteiger partial charge in [0.05, 0.1) is 12.7 Å². The monoisotopic (exact) mass is 267 g/mol. The van der Waals surface area contributed by atoms with E-state index in [-0.39, 0.29) is 0 Å². The second-order valence-electron chi connectivity index (χ2n) is 3.06. The molecular weight excluding hydrogens is 258 g/mol. The van der Waals surface area contributed by atoms with Crippen LogP contribution < -0.4 is 5.32 Å². The number of hydrogen-bond donors (Lipinski definition) is 1. The lowest BCUT2D eigenvalue weighted by atomic mass is 10.4. The molecule has 0 unspecified atom stereocenters. The molecule has 0 bridgehead atoms. The maximum Gasteiger partial charge on any atom is 0.213 e. The molecule has 4 nitrogen and oxygen atoms in total. The minimum Gasteiger partial charge on any atom is -0.444 e. The van der Waals surface area contributed by atoms with Crippen molar-refractivity contribution in [2.75, 3.05) is 5.32 Å². The molecule has 0 aliphatic heterocycles. The number of oxazole rings is 1. The second-order valence-corrected chi connectivity index (χ2v) is 3.88. The fourth-order valence-electron chi connectivity index (χ4n) is 1.16. The molecular formula is C10H10BrN3O. The van der Waals surface area contributed by atoms with Crippen molar-refractivity contribution >= 4 is 21.7 Å². The van der Waals surface area contributed by atoms with Gasteiger partial charge in [0.1, 0.15) is 16.2 Å². The molecule has 5 heteroatoms. The number of anilines is 1. The van der Waals surface area contributed by atoms with Gasteiger partial charge in [-0.3, -0.25) is 0 Å². The number of rotatable bonds is 3. The van der Waals surface area contributed by atoms with E-state index in [9.17, 15) is 0 Å². The number of nitrogens with zero attached hydrogens (tertiary/aromatic N) is 2. The third-order valence-electron chi connectivity index (χ3n) is 1.80. The Morgan fingerprint density at radius 2 is 2.33 bits per heavy atom. The lowest BCUT2D eigenvalue weighted by Gasteiger charge is -2.02. The summed E-state index contributed by atoms with van der Waals surface area (Å²) in [6.45, 7) is 2.41. The molecule has 0 aliphatic rings. The molecule has 15 heavy (non-hydrogen) atoms. The first-order valence-corrected chi connectivity index (χ1v) is 5.31. The molecule has 2 aromatic rings. The molecule has 0 amide bonds. The van der Waals surface area contributed by atoms with E-state index in [0.717, 1.165) is 16.2 Å². The van der Waals surface area contributed by atoms with Gasteiger partial charge in [-0.2, -0.15) is 0 Å². The number of halogens is 1. The fraction of sp³-hybridized carbons (Fsp3) is 0.200. The summed E-state index contributed by atoms with van der Waals surface area (Å²) in [5.41, 5.74) is 0. The van der Waals surface area contributed by atoms with Gasteiger partial charge in [-0.15, -0.1) is 0 Å². The molecule has 0 aromatic carbocycles. The summed E-state index contributed by atoms with van der Waals surface area (Å²) < 4.78 is 6.12. The average molecular weight is 268 g/mol. The Morgan fingerprint density at radius 1 is 1.47 bits per heavy atom. The summed E-state index contributed by atoms with van der Waals surface area (Å²) in [6.07, 6.45) is 1.70. The number of hydrogen-bond acceptors (Lipinski definition) is 4. The Balaban J connectivity index is 1.99. The number of pyridine rings is 1. The smallest absolute Gasteiger partial charge is 0.213 e. The van der Waals surface area contributed by atoms with Crippen molar-refractivity contribution in [2.24, 2.45) is 0 Å². The molecule has 0 aliphatic carbocycles. The van der Waals surface area contributed by atoms with Crippen molar-refractivity contribution in [3.8, 4) is 0 Å². The van der Waals surface area contributed by atoms with Crippen LogP contribution in [0, 0.1) is 6.92 Å². The maximum atomic E-state index is 5.32. The highest BCUT2D eigenvalue weighted by atomic mass is 79.9. The highest BCUT2D eigenvalue weighted by molar-refractivity contribution is 9.10. The first kappa shape index (κ1) is 10.2. The van der Waals surface area contributed by atoms with Gasteiger partial charge < -0.3 is 9.73 Å². The van der Waals surface area contributed by atoms with Crippen molar-refractivity contribution in [3.63, 3.8) is 0 Å². The summed E-state index contributed by atoms with van der Waals surface area (Å²) in [6, 6.07) is 5.68. The van der Waals surface area contributed by atoms with Crippen LogP contribution in [0.5, 0.6) is 0 Å². The van der Waals surface area contributed by atoms with E-state index in [1.807, 2.05) is 25.1 Å². The van der Waals surface area contributed by atoms with E-state index < -0.39 is 0 Å². The van der Waals surface area contributed by atoms with Gasteiger partial charge in [0, 0.05) is 0 Å². The molecule has 0 saturated carbocycles. The second kappa shape index (κ2) is 4.44. The van der Waals surface area contributed by atoms with Crippen LogP contribution in [0.4, 0.5) is 5.82 Å². The highest BCUT2D eigenvalue weighted by Gasteiger charge is 2.00. The Morgan fingerprint density at radius 3 is 3.00 bits per heavy atom. The zero-order valence-electron chi connectivity index (χ0n) is 8.20. The molecule has 2 heterocycles. The third-order valence-corrected chi connectivity index (χ3v) is 2.25. The lowest BCUT2D eigenvalue weighted by molar-refractivity contribution is 0.479. The Kier molecular flexibility index (Phi) is 3.01. The Bertz CT molecular complexity index is 455. The van der Waals surface area contributed by atoms with Crippen LogP contribution in [0.25, 0.3) is 0 Å². The number of aryl methyl sites for hydroxylation is 1. The van der Waals surface area contributed by atoms with Crippen LogP contribution in [0.15, 0.2) is 33.4 Å². The van der Waals surface area contributed by atoms with Crippen molar-refractivity contribution in [1.29, 1.82) is 0 Å². The minimum absolute atomic E-state index is 0.539. The zero-order valence-corrected chi connectivity index (χ0v) is 9.78. The molecule has 0 saturated heterocycles. The SMILES string of the molecule is Cc1cnc(CNc2cccc(Br)n2)o1. The van der Waals surface area contributed by atoms with Crippen molar-refractivity contribution < 1.29 is 4.42 Å². The van der Waals surface area contributed by atoms with Crippen molar-refractivity contribution in [3.05, 3.63) is 40.7 Å². The summed E-state index contributed by atoms with van der Waals surface area (Å²) in [5.74, 6) is 2.27. The van der Waals surface area contributed by atoms with Crippen LogP contribution in [0.2, 0.25) is 0 Å². The molecule has 2 rings (SSSR count). The molecule has 0 spiro atoms. The number of nitrogens with one attached hydrogen (secondary N) is 1. The highest BCUT2D eigenvalue weighted by Crippen LogP contribution is 2.11. The minimum atomic E-state index is 0.539. The standard InChI is InChI=1S/C10H10BrN3O/c1-7-5-13-10(15-7)6-12-9-4-2-3-8(11)14-9/h2-5H,6H2,1H3,(H,12,14). The topological polar surface area (TPSA) is 51.0 Å². The van der Waals surface area contributed by atoms with Gasteiger partial charge in [-0.1, -0.05) is 6.07 Å². The van der Waals surface area contributed by atoms with Gasteiger partial charge in [0.15, 0.2) is 0 Å². The van der Waals surface area contributed by atoms with Gasteiger partial charge in [0.25, 0.3) is 0 Å². The quantitative estimate of drug-likeness (QED) is 0.869. The maximum absolute atomic E-state index is 5.32. The molecule has 1 N–H and O–H groups in total. The zero-order chi connectivity index (χ0) is 10.7. The Hall–Kier alpha value is -1.36. The largest absolute Gasteiger partial charge is 0.444 e. The Labute approximate surface area is 95.9 Å². The summed E-state index contributed by atoms with van der Waals surface area (Å²) in [5, 5.41) is 3.12. The van der Waals surface area contributed by atoms with Gasteiger partial charge >= 0.3 is 0 Å². The predicted octanol–water partition coefficient (Wildman–Crippen LogP) is 2.75. The predicted molar refractivity (Wildman–Crippen MR) is 60.5 cm³/mol. The number of aromatic nitrogens is 2. The average Bonchev–Trinajstić information content (AvgIpc) is 2.62. The van der Waals surface area contributed by atoms with Crippen LogP contribution >= 0.6 is 15.9 Å². The molecule has 0 atom stereocenters. The normalized spacial score (nSPS) is 10.3. The van der Waals surface area contributed by atoms with Gasteiger partial charge in [-0.05, 0) is 35.0 Å². The lowest BCUT2D eigenvalue weighted by Crippen LogP contribution is -2.01. The summed E-state index contributed by atoms with van der Waals surface area (Å²) in [4.78, 5) is 8.32. The van der Waals surface area contributed by atoms with Gasteiger partial charge in [-0.25, -0.2) is 9.97 Å². The molecule has 0 radical (unpaired) electrons. The van der Waals surface area contributed by atoms with Crippen molar-refractivity contribution in [1.82, 2.24) is 9.97 Å². The molecule has 78 valence electrons. The van der Waals surface area contributed by atoms with Gasteiger partial charge in [0.2, 0.25) is 5.89 Å². The first-order valence-electron chi connectivity index (χ1n) is 4.52. The van der Waals surface area contributed by atoms with Crippen LogP contribution in [-0.4, -0.2) is 9.97 Å².